The molecule has 1 saturated heterocycles. The molecule has 2 heterocycles. The van der Waals surface area contributed by atoms with Crippen LogP contribution in [0.3, 0.4) is 0 Å². The second-order valence-electron chi connectivity index (χ2n) is 6.67. The van der Waals surface area contributed by atoms with Gasteiger partial charge in [-0.15, -0.1) is 0 Å². The highest BCUT2D eigenvalue weighted by molar-refractivity contribution is 9.10. The summed E-state index contributed by atoms with van der Waals surface area (Å²) in [5.41, 5.74) is 0.720. The molecule has 1 fully saturated rings. The molecule has 1 atom stereocenters. The van der Waals surface area contributed by atoms with Crippen LogP contribution < -0.4 is 5.32 Å². The molecule has 1 aliphatic rings. The van der Waals surface area contributed by atoms with Gasteiger partial charge in [-0.2, -0.15) is 4.31 Å². The Morgan fingerprint density at radius 2 is 2.07 bits per heavy atom. The fourth-order valence-electron chi connectivity index (χ4n) is 3.30. The van der Waals surface area contributed by atoms with Crippen molar-refractivity contribution in [3.05, 3.63) is 46.7 Å². The number of nitrogens with one attached hydrogen (secondary N) is 1. The van der Waals surface area contributed by atoms with E-state index in [-0.39, 0.29) is 29.6 Å². The molecule has 1 aromatic carbocycles. The second kappa shape index (κ2) is 8.68. The van der Waals surface area contributed by atoms with Gasteiger partial charge in [-0.3, -0.25) is 4.79 Å². The van der Waals surface area contributed by atoms with Crippen LogP contribution in [0.5, 0.6) is 0 Å². The number of amides is 1. The van der Waals surface area contributed by atoms with E-state index in [1.165, 1.54) is 21.1 Å². The summed E-state index contributed by atoms with van der Waals surface area (Å²) in [5, 5.41) is 2.78. The molecule has 3 rings (SSSR count). The predicted octanol–water partition coefficient (Wildman–Crippen LogP) is 2.76. The van der Waals surface area contributed by atoms with Gasteiger partial charge in [0.2, 0.25) is 15.9 Å². The topological polar surface area (TPSA) is 97.7 Å². The Hall–Kier alpha value is -2.17. The van der Waals surface area contributed by atoms with Crippen LogP contribution in [0.4, 0.5) is 5.69 Å². The summed E-state index contributed by atoms with van der Waals surface area (Å²) >= 11 is 3.34. The first kappa shape index (κ1) is 21.5. The molecule has 2 aromatic rings. The number of aryl methyl sites for hydroxylation is 1. The third-order valence-electron chi connectivity index (χ3n) is 4.67. The van der Waals surface area contributed by atoms with Crippen LogP contribution in [0.25, 0.3) is 0 Å². The molecule has 8 nitrogen and oxygen atoms in total. The van der Waals surface area contributed by atoms with Gasteiger partial charge in [-0.25, -0.2) is 13.2 Å². The highest BCUT2D eigenvalue weighted by atomic mass is 79.9. The number of ether oxygens (including phenoxy) is 1. The smallest absolute Gasteiger partial charge is 0.354 e. The molecule has 1 aliphatic heterocycles. The number of hydrogen-bond donors (Lipinski definition) is 1. The van der Waals surface area contributed by atoms with Crippen molar-refractivity contribution in [2.75, 3.05) is 18.5 Å². The number of nitrogens with zero attached hydrogens (tertiary/aromatic N) is 2. The van der Waals surface area contributed by atoms with E-state index in [4.69, 9.17) is 4.74 Å². The minimum Gasteiger partial charge on any atom is -0.461 e. The summed E-state index contributed by atoms with van der Waals surface area (Å²) in [6.07, 6.45) is 2.37. The highest BCUT2D eigenvalue weighted by Gasteiger charge is 2.40. The van der Waals surface area contributed by atoms with E-state index in [0.717, 1.165) is 4.47 Å². The fraction of sp³-hybridized carbons (Fsp3) is 0.368. The second-order valence-corrected chi connectivity index (χ2v) is 9.47. The molecule has 0 radical (unpaired) electrons. The van der Waals surface area contributed by atoms with Gasteiger partial charge in [0, 0.05) is 29.9 Å². The summed E-state index contributed by atoms with van der Waals surface area (Å²) < 4.78 is 34.7. The molecule has 1 amide bonds. The first-order chi connectivity index (χ1) is 13.7. The molecule has 1 N–H and O–H groups in total. The summed E-state index contributed by atoms with van der Waals surface area (Å²) in [4.78, 5) is 24.7. The number of benzene rings is 1. The van der Waals surface area contributed by atoms with Gasteiger partial charge in [-0.1, -0.05) is 22.0 Å². The lowest BCUT2D eigenvalue weighted by Crippen LogP contribution is -2.43. The zero-order chi connectivity index (χ0) is 21.2. The number of hydrogen-bond acceptors (Lipinski definition) is 5. The molecule has 0 unspecified atom stereocenters. The molecular weight excluding hydrogens is 462 g/mol. The minimum atomic E-state index is -3.95. The maximum absolute atomic E-state index is 13.2. The van der Waals surface area contributed by atoms with E-state index in [9.17, 15) is 18.0 Å². The maximum Gasteiger partial charge on any atom is 0.354 e. The number of esters is 1. The zero-order valence-corrected chi connectivity index (χ0v) is 18.5. The molecule has 0 aliphatic carbocycles. The van der Waals surface area contributed by atoms with Crippen LogP contribution >= 0.6 is 15.9 Å². The van der Waals surface area contributed by atoms with Crippen molar-refractivity contribution < 1.29 is 22.7 Å². The number of carbonyl (C=O) groups is 2. The van der Waals surface area contributed by atoms with Crippen LogP contribution in [0.1, 0.15) is 30.3 Å². The Kier molecular flexibility index (Phi) is 6.45. The third kappa shape index (κ3) is 4.54. The number of rotatable bonds is 6. The van der Waals surface area contributed by atoms with E-state index in [1.807, 2.05) is 6.07 Å². The molecule has 0 bridgehead atoms. The molecule has 10 heteroatoms. The van der Waals surface area contributed by atoms with Crippen molar-refractivity contribution in [2.45, 2.75) is 30.7 Å². The van der Waals surface area contributed by atoms with E-state index in [0.29, 0.717) is 18.5 Å². The summed E-state index contributed by atoms with van der Waals surface area (Å²) in [7, 11) is -2.37. The lowest BCUT2D eigenvalue weighted by Gasteiger charge is -2.23. The van der Waals surface area contributed by atoms with E-state index >= 15 is 0 Å². The summed E-state index contributed by atoms with van der Waals surface area (Å²) in [5.74, 6) is -0.979. The third-order valence-corrected chi connectivity index (χ3v) is 7.04. The highest BCUT2D eigenvalue weighted by Crippen LogP contribution is 2.28. The standard InChI is InChI=1S/C19H22BrN3O5S/c1-3-28-19(25)17-11-15(12-22(17)2)29(26,27)23-9-5-8-16(23)18(24)21-14-7-4-6-13(20)10-14/h4,6-7,10-12,16H,3,5,8-9H2,1-2H3,(H,21,24)/t16-/m0/s1. The van der Waals surface area contributed by atoms with Crippen molar-refractivity contribution in [3.8, 4) is 0 Å². The van der Waals surface area contributed by atoms with Crippen molar-refractivity contribution >= 4 is 43.5 Å². The average Bonchev–Trinajstić information content (AvgIpc) is 3.29. The fourth-order valence-corrected chi connectivity index (χ4v) is 5.43. The Bertz CT molecular complexity index is 1030. The van der Waals surface area contributed by atoms with Gasteiger partial charge in [0.05, 0.1) is 6.61 Å². The van der Waals surface area contributed by atoms with Crippen molar-refractivity contribution in [2.24, 2.45) is 7.05 Å². The molecular formula is C19H22BrN3O5S. The molecule has 0 spiro atoms. The number of halogens is 1. The molecule has 156 valence electrons. The lowest BCUT2D eigenvalue weighted by molar-refractivity contribution is -0.119. The maximum atomic E-state index is 13.2. The van der Waals surface area contributed by atoms with E-state index in [2.05, 4.69) is 21.2 Å². The normalized spacial score (nSPS) is 17.3. The van der Waals surface area contributed by atoms with Crippen molar-refractivity contribution in [1.29, 1.82) is 0 Å². The lowest BCUT2D eigenvalue weighted by atomic mass is 10.2. The van der Waals surface area contributed by atoms with Gasteiger partial charge >= 0.3 is 5.97 Å². The molecule has 29 heavy (non-hydrogen) atoms. The monoisotopic (exact) mass is 483 g/mol. The average molecular weight is 484 g/mol. The Morgan fingerprint density at radius 3 is 2.76 bits per heavy atom. The number of anilines is 1. The van der Waals surface area contributed by atoms with Crippen LogP contribution in [0, 0.1) is 0 Å². The van der Waals surface area contributed by atoms with Crippen molar-refractivity contribution in [3.63, 3.8) is 0 Å². The van der Waals surface area contributed by atoms with Gasteiger partial charge in [0.1, 0.15) is 16.6 Å². The van der Waals surface area contributed by atoms with Crippen LogP contribution in [-0.4, -0.2) is 48.4 Å². The van der Waals surface area contributed by atoms with Gasteiger partial charge in [-0.05, 0) is 44.0 Å². The largest absolute Gasteiger partial charge is 0.461 e. The van der Waals surface area contributed by atoms with E-state index in [1.54, 1.807) is 32.2 Å². The quantitative estimate of drug-likeness (QED) is 0.636. The first-order valence-electron chi connectivity index (χ1n) is 9.15. The van der Waals surface area contributed by atoms with Crippen molar-refractivity contribution in [1.82, 2.24) is 8.87 Å². The predicted molar refractivity (Wildman–Crippen MR) is 111 cm³/mol. The summed E-state index contributed by atoms with van der Waals surface area (Å²) in [6.45, 7) is 2.11. The van der Waals surface area contributed by atoms with Crippen LogP contribution in [0.2, 0.25) is 0 Å². The molecule has 1 aromatic heterocycles. The Labute approximate surface area is 178 Å². The zero-order valence-electron chi connectivity index (χ0n) is 16.1. The Morgan fingerprint density at radius 1 is 1.31 bits per heavy atom. The number of carbonyl (C=O) groups excluding carboxylic acids is 2. The van der Waals surface area contributed by atoms with Crippen LogP contribution in [-0.2, 0) is 26.6 Å². The Balaban J connectivity index is 1.83. The molecule has 0 saturated carbocycles. The number of sulfonamides is 1. The minimum absolute atomic E-state index is 0.0368. The van der Waals surface area contributed by atoms with Gasteiger partial charge in [0.25, 0.3) is 0 Å². The van der Waals surface area contributed by atoms with Crippen LogP contribution in [0.15, 0.2) is 45.9 Å². The first-order valence-corrected chi connectivity index (χ1v) is 11.4. The summed E-state index contributed by atoms with van der Waals surface area (Å²) in [6, 6.07) is 7.57. The van der Waals surface area contributed by atoms with Gasteiger partial charge < -0.3 is 14.6 Å². The SMILES string of the molecule is CCOC(=O)c1cc(S(=O)(=O)N2CCC[C@H]2C(=O)Nc2cccc(Br)c2)cn1C. The number of aromatic nitrogens is 1. The van der Waals surface area contributed by atoms with Gasteiger partial charge in [0.15, 0.2) is 0 Å². The van der Waals surface area contributed by atoms with E-state index < -0.39 is 22.0 Å².